The Morgan fingerprint density at radius 2 is 2.26 bits per heavy atom. The van der Waals surface area contributed by atoms with E-state index in [1.807, 2.05) is 0 Å². The first-order valence-corrected chi connectivity index (χ1v) is 9.20. The van der Waals surface area contributed by atoms with Crippen LogP contribution in [0.1, 0.15) is 39.7 Å². The maximum atomic E-state index is 12.7. The third kappa shape index (κ3) is 4.84. The van der Waals surface area contributed by atoms with Crippen LogP contribution in [0.4, 0.5) is 0 Å². The van der Waals surface area contributed by atoms with Gasteiger partial charge < -0.3 is 15.0 Å². The minimum Gasteiger partial charge on any atom is -0.383 e. The number of nitrogens with zero attached hydrogens (tertiary/aromatic N) is 4. The van der Waals surface area contributed by atoms with Gasteiger partial charge in [-0.15, -0.1) is 5.10 Å². The molecule has 2 amide bonds. The minimum absolute atomic E-state index is 0.0186. The molecule has 1 aliphatic heterocycles. The number of carbonyl (C=O) groups excluding carboxylic acids is 2. The molecule has 1 aromatic heterocycles. The van der Waals surface area contributed by atoms with Crippen LogP contribution < -0.4 is 5.32 Å². The summed E-state index contributed by atoms with van der Waals surface area (Å²) < 4.78 is 6.57. The van der Waals surface area contributed by atoms with Crippen molar-refractivity contribution < 1.29 is 14.3 Å². The fraction of sp³-hybridized carbons (Fsp3) is 0.444. The normalized spacial score (nSPS) is 17.0. The summed E-state index contributed by atoms with van der Waals surface area (Å²) in [6.45, 7) is 2.04. The third-order valence-corrected chi connectivity index (χ3v) is 4.70. The summed E-state index contributed by atoms with van der Waals surface area (Å²) in [5.74, 6) is -0.346. The van der Waals surface area contributed by atoms with E-state index in [4.69, 9.17) is 16.3 Å². The Morgan fingerprint density at radius 1 is 1.41 bits per heavy atom. The van der Waals surface area contributed by atoms with Crippen molar-refractivity contribution in [1.29, 1.82) is 0 Å². The first kappa shape index (κ1) is 19.3. The number of benzene rings is 1. The molecule has 0 unspecified atom stereocenters. The van der Waals surface area contributed by atoms with Gasteiger partial charge in [0.25, 0.3) is 11.8 Å². The summed E-state index contributed by atoms with van der Waals surface area (Å²) in [6.07, 6.45) is 3.35. The molecule has 8 nitrogen and oxygen atoms in total. The zero-order valence-corrected chi connectivity index (χ0v) is 15.9. The van der Waals surface area contributed by atoms with E-state index in [2.05, 4.69) is 15.6 Å². The van der Waals surface area contributed by atoms with Crippen LogP contribution in [0.25, 0.3) is 0 Å². The van der Waals surface area contributed by atoms with Crippen molar-refractivity contribution in [3.63, 3.8) is 0 Å². The van der Waals surface area contributed by atoms with Crippen LogP contribution >= 0.6 is 11.6 Å². The number of halogens is 1. The molecule has 1 fully saturated rings. The number of piperidine rings is 1. The van der Waals surface area contributed by atoms with E-state index < -0.39 is 0 Å². The smallest absolute Gasteiger partial charge is 0.273 e. The number of ether oxygens (including phenoxy) is 1. The molecule has 9 heteroatoms. The van der Waals surface area contributed by atoms with Gasteiger partial charge in [-0.3, -0.25) is 9.59 Å². The lowest BCUT2D eigenvalue weighted by molar-refractivity contribution is 0.0671. The highest BCUT2D eigenvalue weighted by Crippen LogP contribution is 2.23. The average Bonchev–Trinajstić information content (AvgIpc) is 3.18. The van der Waals surface area contributed by atoms with Gasteiger partial charge in [0, 0.05) is 37.3 Å². The zero-order chi connectivity index (χ0) is 19.2. The van der Waals surface area contributed by atoms with E-state index in [-0.39, 0.29) is 23.6 Å². The number of likely N-dealkylation sites (tertiary alicyclic amines) is 1. The summed E-state index contributed by atoms with van der Waals surface area (Å²) in [4.78, 5) is 26.6. The predicted octanol–water partition coefficient (Wildman–Crippen LogP) is 1.78. The minimum atomic E-state index is -0.291. The van der Waals surface area contributed by atoms with Crippen LogP contribution in [0.5, 0.6) is 0 Å². The van der Waals surface area contributed by atoms with Crippen LogP contribution in [0, 0.1) is 0 Å². The van der Waals surface area contributed by atoms with Crippen molar-refractivity contribution in [2.24, 2.45) is 0 Å². The Kier molecular flexibility index (Phi) is 6.41. The zero-order valence-electron chi connectivity index (χ0n) is 15.1. The van der Waals surface area contributed by atoms with E-state index in [1.165, 1.54) is 0 Å². The summed E-state index contributed by atoms with van der Waals surface area (Å²) in [5.41, 5.74) is 0.823. The number of amides is 2. The molecule has 144 valence electrons. The topological polar surface area (TPSA) is 89.4 Å². The van der Waals surface area contributed by atoms with Gasteiger partial charge in [0.05, 0.1) is 18.8 Å². The van der Waals surface area contributed by atoms with Gasteiger partial charge >= 0.3 is 0 Å². The second-order valence-corrected chi connectivity index (χ2v) is 6.83. The summed E-state index contributed by atoms with van der Waals surface area (Å²) in [7, 11) is 1.57. The Bertz CT molecular complexity index is 810. The second kappa shape index (κ2) is 8.96. The molecule has 1 aromatic carbocycles. The van der Waals surface area contributed by atoms with E-state index in [0.717, 1.165) is 12.8 Å². The maximum absolute atomic E-state index is 12.7. The van der Waals surface area contributed by atoms with Crippen LogP contribution in [0.2, 0.25) is 5.02 Å². The highest BCUT2D eigenvalue weighted by molar-refractivity contribution is 6.30. The summed E-state index contributed by atoms with van der Waals surface area (Å²) in [5, 5.41) is 11.3. The fourth-order valence-corrected chi connectivity index (χ4v) is 3.27. The molecule has 2 aromatic rings. The van der Waals surface area contributed by atoms with Gasteiger partial charge in [-0.2, -0.15) is 0 Å². The monoisotopic (exact) mass is 391 g/mol. The number of rotatable bonds is 6. The van der Waals surface area contributed by atoms with Crippen molar-refractivity contribution in [1.82, 2.24) is 25.2 Å². The van der Waals surface area contributed by atoms with Crippen LogP contribution in [-0.4, -0.2) is 65.1 Å². The van der Waals surface area contributed by atoms with Gasteiger partial charge in [-0.05, 0) is 31.0 Å². The van der Waals surface area contributed by atoms with Crippen LogP contribution in [0.15, 0.2) is 30.5 Å². The average molecular weight is 392 g/mol. The Hall–Kier alpha value is -2.45. The lowest BCUT2D eigenvalue weighted by Crippen LogP contribution is -2.40. The van der Waals surface area contributed by atoms with Gasteiger partial charge in [0.15, 0.2) is 5.69 Å². The molecule has 1 N–H and O–H groups in total. The van der Waals surface area contributed by atoms with E-state index in [1.54, 1.807) is 47.2 Å². The highest BCUT2D eigenvalue weighted by Gasteiger charge is 2.27. The van der Waals surface area contributed by atoms with Gasteiger partial charge in [-0.25, -0.2) is 4.68 Å². The maximum Gasteiger partial charge on any atom is 0.273 e. The standard InChI is InChI=1S/C18H22ClN5O3/c1-27-9-7-20-17(25)16-12-24(22-21-16)15-6-3-8-23(11-15)18(26)13-4-2-5-14(19)10-13/h2,4-5,10,12,15H,3,6-9,11H2,1H3,(H,20,25)/t15-/m0/s1. The van der Waals surface area contributed by atoms with Crippen molar-refractivity contribution >= 4 is 23.4 Å². The molecule has 0 aliphatic carbocycles. The molecule has 27 heavy (non-hydrogen) atoms. The molecule has 1 atom stereocenters. The predicted molar refractivity (Wildman–Crippen MR) is 99.9 cm³/mol. The molecule has 0 saturated carbocycles. The van der Waals surface area contributed by atoms with Crippen molar-refractivity contribution in [2.45, 2.75) is 18.9 Å². The van der Waals surface area contributed by atoms with Crippen molar-refractivity contribution in [2.75, 3.05) is 33.4 Å². The second-order valence-electron chi connectivity index (χ2n) is 6.39. The Balaban J connectivity index is 1.64. The highest BCUT2D eigenvalue weighted by atomic mass is 35.5. The largest absolute Gasteiger partial charge is 0.383 e. The molecule has 0 bridgehead atoms. The van der Waals surface area contributed by atoms with Gasteiger partial charge in [0.2, 0.25) is 0 Å². The van der Waals surface area contributed by atoms with Crippen molar-refractivity contribution in [3.05, 3.63) is 46.7 Å². The van der Waals surface area contributed by atoms with Gasteiger partial charge in [0.1, 0.15) is 0 Å². The number of carbonyl (C=O) groups is 2. The number of hydrogen-bond acceptors (Lipinski definition) is 5. The molecular formula is C18H22ClN5O3. The van der Waals surface area contributed by atoms with E-state index >= 15 is 0 Å². The van der Waals surface area contributed by atoms with Crippen LogP contribution in [0.3, 0.4) is 0 Å². The Morgan fingerprint density at radius 3 is 3.04 bits per heavy atom. The van der Waals surface area contributed by atoms with Crippen molar-refractivity contribution in [3.8, 4) is 0 Å². The SMILES string of the molecule is COCCNC(=O)c1cn([C@H]2CCCN(C(=O)c3cccc(Cl)c3)C2)nn1. The number of methoxy groups -OCH3 is 1. The van der Waals surface area contributed by atoms with E-state index in [9.17, 15) is 9.59 Å². The third-order valence-electron chi connectivity index (χ3n) is 4.46. The lowest BCUT2D eigenvalue weighted by Gasteiger charge is -2.32. The molecule has 1 saturated heterocycles. The molecule has 3 rings (SSSR count). The molecule has 0 radical (unpaired) electrons. The van der Waals surface area contributed by atoms with Gasteiger partial charge in [-0.1, -0.05) is 22.9 Å². The fourth-order valence-electron chi connectivity index (χ4n) is 3.08. The molecule has 2 heterocycles. The lowest BCUT2D eigenvalue weighted by atomic mass is 10.0. The molecule has 1 aliphatic rings. The number of hydrogen-bond donors (Lipinski definition) is 1. The van der Waals surface area contributed by atoms with Crippen LogP contribution in [-0.2, 0) is 4.74 Å². The molecular weight excluding hydrogens is 370 g/mol. The number of aromatic nitrogens is 3. The van der Waals surface area contributed by atoms with E-state index in [0.29, 0.717) is 36.8 Å². The Labute approximate surface area is 162 Å². The molecule has 0 spiro atoms. The summed E-state index contributed by atoms with van der Waals surface area (Å²) >= 11 is 5.99. The quantitative estimate of drug-likeness (QED) is 0.758. The summed E-state index contributed by atoms with van der Waals surface area (Å²) in [6, 6.07) is 6.92. The first-order valence-electron chi connectivity index (χ1n) is 8.82. The first-order chi connectivity index (χ1) is 13.1. The number of nitrogens with one attached hydrogen (secondary N) is 1.